The lowest BCUT2D eigenvalue weighted by Crippen LogP contribution is -2.15. The largest absolute Gasteiger partial charge is 0.359 e. The van der Waals surface area contributed by atoms with Gasteiger partial charge in [0.15, 0.2) is 5.65 Å². The quantitative estimate of drug-likeness (QED) is 0.618. The Morgan fingerprint density at radius 2 is 1.96 bits per heavy atom. The van der Waals surface area contributed by atoms with Crippen LogP contribution in [0.1, 0.15) is 25.3 Å². The van der Waals surface area contributed by atoms with Crippen LogP contribution in [0.25, 0.3) is 16.7 Å². The maximum Gasteiger partial charge on any atom is 0.320 e. The molecule has 24 heavy (non-hydrogen) atoms. The second kappa shape index (κ2) is 5.48. The summed E-state index contributed by atoms with van der Waals surface area (Å²) in [6.07, 6.45) is 0. The number of hydrogen-bond acceptors (Lipinski definition) is 6. The van der Waals surface area contributed by atoms with E-state index < -0.39 is 12.6 Å². The van der Waals surface area contributed by atoms with Gasteiger partial charge in [0.2, 0.25) is 0 Å². The van der Waals surface area contributed by atoms with Gasteiger partial charge in [-0.1, -0.05) is 12.1 Å². The van der Waals surface area contributed by atoms with E-state index in [2.05, 4.69) is 30.9 Å². The summed E-state index contributed by atoms with van der Waals surface area (Å²) in [5.41, 5.74) is 1.40. The lowest BCUT2D eigenvalue weighted by atomic mass is 10.3. The molecule has 1 unspecified atom stereocenters. The first-order valence-corrected chi connectivity index (χ1v) is 7.20. The molecule has 0 fully saturated rings. The third-order valence-corrected chi connectivity index (χ3v) is 3.64. The van der Waals surface area contributed by atoms with Crippen LogP contribution in [0.15, 0.2) is 36.4 Å². The highest BCUT2D eigenvalue weighted by atomic mass is 19.3. The summed E-state index contributed by atoms with van der Waals surface area (Å²) in [4.78, 5) is 4.33. The normalized spacial score (nSPS) is 13.0. The SMILES string of the molecule is CC(Nc1ccc2nnnn2n1)c1nc2ccccc2n1C(F)F. The van der Waals surface area contributed by atoms with E-state index in [4.69, 9.17) is 0 Å². The second-order valence-electron chi connectivity index (χ2n) is 5.22. The molecule has 0 aliphatic rings. The standard InChI is InChI=1S/C14H12F2N8/c1-8(17-11-6-7-12-19-21-22-24(12)20-11)13-18-9-4-2-3-5-10(9)23(13)14(15)16/h2-8,14H,1H3,(H,17,20). The zero-order valence-corrected chi connectivity index (χ0v) is 12.5. The number of benzene rings is 1. The van der Waals surface area contributed by atoms with Gasteiger partial charge in [0.05, 0.1) is 17.1 Å². The zero-order valence-electron chi connectivity index (χ0n) is 12.5. The fraction of sp³-hybridized carbons (Fsp3) is 0.214. The highest BCUT2D eigenvalue weighted by molar-refractivity contribution is 5.76. The van der Waals surface area contributed by atoms with Crippen LogP contribution in [0, 0.1) is 0 Å². The summed E-state index contributed by atoms with van der Waals surface area (Å²) in [5.74, 6) is 0.681. The monoisotopic (exact) mass is 330 g/mol. The van der Waals surface area contributed by atoms with Gasteiger partial charge in [-0.15, -0.1) is 14.8 Å². The first kappa shape index (κ1) is 14.4. The van der Waals surface area contributed by atoms with Crippen LogP contribution in [0.5, 0.6) is 0 Å². The molecule has 0 saturated carbocycles. The number of halogens is 2. The molecule has 122 valence electrons. The van der Waals surface area contributed by atoms with Crippen molar-refractivity contribution in [2.45, 2.75) is 19.5 Å². The van der Waals surface area contributed by atoms with Crippen LogP contribution in [0.4, 0.5) is 14.6 Å². The summed E-state index contributed by atoms with van der Waals surface area (Å²) in [5, 5.41) is 18.2. The lowest BCUT2D eigenvalue weighted by molar-refractivity contribution is 0.0708. The van der Waals surface area contributed by atoms with Crippen molar-refractivity contribution in [2.75, 3.05) is 5.32 Å². The van der Waals surface area contributed by atoms with Crippen molar-refractivity contribution in [2.24, 2.45) is 0 Å². The average molecular weight is 330 g/mol. The summed E-state index contributed by atoms with van der Waals surface area (Å²) in [6, 6.07) is 9.66. The van der Waals surface area contributed by atoms with E-state index in [1.165, 1.54) is 4.63 Å². The molecule has 0 amide bonds. The van der Waals surface area contributed by atoms with Crippen LogP contribution in [0.2, 0.25) is 0 Å². The number of nitrogens with zero attached hydrogens (tertiary/aromatic N) is 7. The minimum Gasteiger partial charge on any atom is -0.359 e. The Morgan fingerprint density at radius 3 is 2.79 bits per heavy atom. The van der Waals surface area contributed by atoms with Crippen LogP contribution in [-0.4, -0.2) is 34.8 Å². The van der Waals surface area contributed by atoms with Gasteiger partial charge in [-0.25, -0.2) is 4.98 Å². The molecular weight excluding hydrogens is 318 g/mol. The number of tetrazole rings is 1. The number of nitrogens with one attached hydrogen (secondary N) is 1. The van der Waals surface area contributed by atoms with Crippen molar-refractivity contribution < 1.29 is 8.78 Å². The number of para-hydroxylation sites is 2. The Morgan fingerprint density at radius 1 is 1.12 bits per heavy atom. The smallest absolute Gasteiger partial charge is 0.320 e. The molecule has 10 heteroatoms. The lowest BCUT2D eigenvalue weighted by Gasteiger charge is -2.16. The predicted molar refractivity (Wildman–Crippen MR) is 81.6 cm³/mol. The molecule has 0 aliphatic heterocycles. The first-order valence-electron chi connectivity index (χ1n) is 7.20. The Hall–Kier alpha value is -3.17. The van der Waals surface area contributed by atoms with E-state index in [0.717, 1.165) is 4.57 Å². The van der Waals surface area contributed by atoms with Crippen LogP contribution >= 0.6 is 0 Å². The fourth-order valence-electron chi connectivity index (χ4n) is 2.59. The number of imidazole rings is 1. The Labute approximate surface area is 134 Å². The fourth-order valence-corrected chi connectivity index (χ4v) is 2.59. The summed E-state index contributed by atoms with van der Waals surface area (Å²) in [7, 11) is 0. The molecule has 4 aromatic rings. The van der Waals surface area contributed by atoms with Crippen molar-refractivity contribution in [1.82, 2.24) is 34.8 Å². The van der Waals surface area contributed by atoms with Gasteiger partial charge in [-0.2, -0.15) is 8.78 Å². The average Bonchev–Trinajstić information content (AvgIpc) is 3.18. The maximum absolute atomic E-state index is 13.5. The van der Waals surface area contributed by atoms with Gasteiger partial charge < -0.3 is 5.32 Å². The molecule has 0 radical (unpaired) electrons. The first-order chi connectivity index (χ1) is 11.6. The van der Waals surface area contributed by atoms with Gasteiger partial charge in [0.25, 0.3) is 0 Å². The van der Waals surface area contributed by atoms with Crippen molar-refractivity contribution in [3.05, 3.63) is 42.2 Å². The summed E-state index contributed by atoms with van der Waals surface area (Å²) < 4.78 is 29.2. The maximum atomic E-state index is 13.5. The number of anilines is 1. The van der Waals surface area contributed by atoms with Crippen LogP contribution in [0.3, 0.4) is 0 Å². The molecule has 8 nitrogen and oxygen atoms in total. The predicted octanol–water partition coefficient (Wildman–Crippen LogP) is 2.44. The summed E-state index contributed by atoms with van der Waals surface area (Å²) in [6.45, 7) is -0.947. The van der Waals surface area contributed by atoms with Gasteiger partial charge in [0, 0.05) is 0 Å². The van der Waals surface area contributed by atoms with Gasteiger partial charge in [0.1, 0.15) is 11.6 Å². The topological polar surface area (TPSA) is 85.8 Å². The molecule has 0 bridgehead atoms. The third kappa shape index (κ3) is 2.32. The van der Waals surface area contributed by atoms with Crippen molar-refractivity contribution >= 4 is 22.5 Å². The van der Waals surface area contributed by atoms with E-state index in [0.29, 0.717) is 22.5 Å². The van der Waals surface area contributed by atoms with E-state index in [-0.39, 0.29) is 5.82 Å². The van der Waals surface area contributed by atoms with Gasteiger partial charge >= 0.3 is 6.55 Å². The zero-order chi connectivity index (χ0) is 16.7. The van der Waals surface area contributed by atoms with E-state index in [1.807, 2.05) is 0 Å². The number of alkyl halides is 2. The molecule has 3 aromatic heterocycles. The third-order valence-electron chi connectivity index (χ3n) is 3.64. The number of rotatable bonds is 4. The van der Waals surface area contributed by atoms with E-state index in [9.17, 15) is 8.78 Å². The molecule has 0 saturated heterocycles. The minimum atomic E-state index is -2.69. The van der Waals surface area contributed by atoms with Crippen molar-refractivity contribution in [1.29, 1.82) is 0 Å². The minimum absolute atomic E-state index is 0.227. The van der Waals surface area contributed by atoms with E-state index in [1.54, 1.807) is 43.3 Å². The molecule has 1 atom stereocenters. The second-order valence-corrected chi connectivity index (χ2v) is 5.22. The van der Waals surface area contributed by atoms with Crippen molar-refractivity contribution in [3.63, 3.8) is 0 Å². The Bertz CT molecular complexity index is 1010. The van der Waals surface area contributed by atoms with Crippen LogP contribution < -0.4 is 5.32 Å². The molecule has 4 rings (SSSR count). The Balaban J connectivity index is 1.72. The van der Waals surface area contributed by atoms with Crippen molar-refractivity contribution in [3.8, 4) is 0 Å². The number of hydrogen-bond donors (Lipinski definition) is 1. The molecule has 1 aromatic carbocycles. The number of fused-ring (bicyclic) bond motifs is 2. The van der Waals surface area contributed by atoms with E-state index >= 15 is 0 Å². The molecule has 0 aliphatic carbocycles. The summed E-state index contributed by atoms with van der Waals surface area (Å²) >= 11 is 0. The van der Waals surface area contributed by atoms with Gasteiger partial charge in [-0.3, -0.25) is 4.57 Å². The Kier molecular flexibility index (Phi) is 3.29. The highest BCUT2D eigenvalue weighted by Crippen LogP contribution is 2.27. The number of aromatic nitrogens is 7. The molecule has 3 heterocycles. The molecule has 0 spiro atoms. The highest BCUT2D eigenvalue weighted by Gasteiger charge is 2.22. The molecular formula is C14H12F2N8. The van der Waals surface area contributed by atoms with Gasteiger partial charge in [-0.05, 0) is 41.6 Å². The van der Waals surface area contributed by atoms with Crippen LogP contribution in [-0.2, 0) is 0 Å². The molecule has 1 N–H and O–H groups in total.